The summed E-state index contributed by atoms with van der Waals surface area (Å²) < 4.78 is 8.00. The molecule has 0 saturated carbocycles. The monoisotopic (exact) mass is 412 g/mol. The number of aromatic nitrogens is 1. The topological polar surface area (TPSA) is 60.3 Å². The van der Waals surface area contributed by atoms with Crippen molar-refractivity contribution in [1.29, 1.82) is 0 Å². The number of benzene rings is 2. The molecule has 0 fully saturated rings. The third-order valence-electron chi connectivity index (χ3n) is 4.75. The second-order valence-electron chi connectivity index (χ2n) is 6.48. The zero-order valence-electron chi connectivity index (χ0n) is 14.4. The van der Waals surface area contributed by atoms with Crippen LogP contribution < -0.4 is 15.5 Å². The van der Waals surface area contributed by atoms with E-state index < -0.39 is 5.91 Å². The molecule has 26 heavy (non-hydrogen) atoms. The first-order valence-corrected chi connectivity index (χ1v) is 9.10. The molecule has 4 rings (SSSR count). The largest absolute Gasteiger partial charge is 0.497 e. The van der Waals surface area contributed by atoms with Crippen molar-refractivity contribution in [2.24, 2.45) is 0 Å². The summed E-state index contributed by atoms with van der Waals surface area (Å²) in [7, 11) is 1.58. The van der Waals surface area contributed by atoms with E-state index in [1.165, 1.54) is 0 Å². The molecule has 1 aliphatic heterocycles. The molecule has 1 aromatic heterocycles. The van der Waals surface area contributed by atoms with Gasteiger partial charge < -0.3 is 14.6 Å². The molecule has 1 atom stereocenters. The fourth-order valence-corrected chi connectivity index (χ4v) is 4.00. The number of methoxy groups -OCH3 is 1. The van der Waals surface area contributed by atoms with E-state index in [0.29, 0.717) is 16.8 Å². The second kappa shape index (κ2) is 6.29. The fourth-order valence-electron chi connectivity index (χ4n) is 3.50. The van der Waals surface area contributed by atoms with Crippen molar-refractivity contribution in [3.05, 3.63) is 68.4 Å². The van der Waals surface area contributed by atoms with Crippen molar-refractivity contribution >= 4 is 38.4 Å². The minimum atomic E-state index is -0.411. The zero-order valence-corrected chi connectivity index (χ0v) is 16.0. The number of nitrogens with zero attached hydrogens (tertiary/aromatic N) is 1. The summed E-state index contributed by atoms with van der Waals surface area (Å²) in [5.74, 6) is 0.291. The van der Waals surface area contributed by atoms with Gasteiger partial charge in [0.1, 0.15) is 11.3 Å². The van der Waals surface area contributed by atoms with Gasteiger partial charge in [-0.05, 0) is 55.3 Å². The zero-order chi connectivity index (χ0) is 18.4. The Morgan fingerprint density at radius 3 is 2.69 bits per heavy atom. The van der Waals surface area contributed by atoms with E-state index in [-0.39, 0.29) is 17.0 Å². The molecule has 0 aliphatic carbocycles. The average Bonchev–Trinajstić information content (AvgIpc) is 2.93. The van der Waals surface area contributed by atoms with Crippen molar-refractivity contribution in [3.8, 4) is 5.75 Å². The number of pyridine rings is 1. The summed E-state index contributed by atoms with van der Waals surface area (Å²) in [6, 6.07) is 11.0. The van der Waals surface area contributed by atoms with E-state index in [0.717, 1.165) is 22.0 Å². The van der Waals surface area contributed by atoms with Gasteiger partial charge >= 0.3 is 0 Å². The Bertz CT molecular complexity index is 1090. The average molecular weight is 413 g/mol. The Kier molecular flexibility index (Phi) is 4.07. The van der Waals surface area contributed by atoms with E-state index >= 15 is 0 Å². The van der Waals surface area contributed by atoms with Crippen LogP contribution in [0.25, 0.3) is 10.9 Å². The Hall–Kier alpha value is -2.60. The molecule has 0 unspecified atom stereocenters. The summed E-state index contributed by atoms with van der Waals surface area (Å²) in [6.07, 6.45) is 2.53. The Morgan fingerprint density at radius 2 is 2.00 bits per heavy atom. The van der Waals surface area contributed by atoms with Crippen molar-refractivity contribution in [3.63, 3.8) is 0 Å². The summed E-state index contributed by atoms with van der Waals surface area (Å²) in [6.45, 7) is 2.09. The molecule has 0 radical (unpaired) electrons. The summed E-state index contributed by atoms with van der Waals surface area (Å²) in [5, 5.41) is 3.36. The lowest BCUT2D eigenvalue weighted by Gasteiger charge is -2.13. The molecule has 0 spiro atoms. The Morgan fingerprint density at radius 1 is 1.27 bits per heavy atom. The van der Waals surface area contributed by atoms with Gasteiger partial charge in [-0.2, -0.15) is 0 Å². The van der Waals surface area contributed by atoms with Crippen LogP contribution in [0.1, 0.15) is 28.9 Å². The lowest BCUT2D eigenvalue weighted by atomic mass is 10.1. The van der Waals surface area contributed by atoms with Gasteiger partial charge in [-0.1, -0.05) is 15.9 Å². The van der Waals surface area contributed by atoms with Crippen LogP contribution in [0.4, 0.5) is 5.69 Å². The first-order chi connectivity index (χ1) is 12.5. The molecular weight excluding hydrogens is 396 g/mol. The molecule has 3 aromatic rings. The van der Waals surface area contributed by atoms with Gasteiger partial charge in [-0.3, -0.25) is 9.59 Å². The number of nitrogens with one attached hydrogen (secondary N) is 1. The molecule has 2 heterocycles. The number of anilines is 1. The number of carbonyl (C=O) groups is 1. The van der Waals surface area contributed by atoms with Crippen molar-refractivity contribution < 1.29 is 9.53 Å². The molecule has 1 N–H and O–H groups in total. The summed E-state index contributed by atoms with van der Waals surface area (Å²) in [4.78, 5) is 25.7. The first-order valence-electron chi connectivity index (χ1n) is 8.30. The Balaban J connectivity index is 1.78. The predicted octanol–water partition coefficient (Wildman–Crippen LogP) is 4.14. The lowest BCUT2D eigenvalue weighted by molar-refractivity contribution is 0.102. The van der Waals surface area contributed by atoms with Crippen LogP contribution in [0.2, 0.25) is 0 Å². The van der Waals surface area contributed by atoms with Crippen molar-refractivity contribution in [2.75, 3.05) is 12.4 Å². The normalized spacial score (nSPS) is 15.3. The van der Waals surface area contributed by atoms with Gasteiger partial charge in [0.15, 0.2) is 0 Å². The first kappa shape index (κ1) is 16.8. The highest BCUT2D eigenvalue weighted by atomic mass is 79.9. The molecule has 1 aliphatic rings. The highest BCUT2D eigenvalue weighted by Gasteiger charge is 2.25. The van der Waals surface area contributed by atoms with E-state index in [1.54, 1.807) is 43.6 Å². The summed E-state index contributed by atoms with van der Waals surface area (Å²) >= 11 is 3.47. The van der Waals surface area contributed by atoms with Gasteiger partial charge in [-0.25, -0.2) is 0 Å². The molecular formula is C20H17BrN2O3. The van der Waals surface area contributed by atoms with Crippen LogP contribution in [-0.2, 0) is 6.42 Å². The molecule has 0 bridgehead atoms. The molecule has 1 amide bonds. The highest BCUT2D eigenvalue weighted by molar-refractivity contribution is 9.10. The van der Waals surface area contributed by atoms with Gasteiger partial charge in [0, 0.05) is 27.8 Å². The van der Waals surface area contributed by atoms with Crippen LogP contribution in [0.3, 0.4) is 0 Å². The van der Waals surface area contributed by atoms with E-state index in [4.69, 9.17) is 4.74 Å². The summed E-state index contributed by atoms with van der Waals surface area (Å²) in [5.41, 5.74) is 2.55. The highest BCUT2D eigenvalue weighted by Crippen LogP contribution is 2.33. The van der Waals surface area contributed by atoms with Gasteiger partial charge in [0.25, 0.3) is 5.91 Å². The van der Waals surface area contributed by atoms with Gasteiger partial charge in [0.2, 0.25) is 5.43 Å². The molecule has 2 aromatic carbocycles. The number of ether oxygens (including phenoxy) is 1. The maximum absolute atomic E-state index is 12.9. The number of amides is 1. The van der Waals surface area contributed by atoms with Crippen LogP contribution >= 0.6 is 15.9 Å². The molecule has 132 valence electrons. The number of hydrogen-bond acceptors (Lipinski definition) is 3. The van der Waals surface area contributed by atoms with Gasteiger partial charge in [0.05, 0.1) is 12.6 Å². The number of rotatable bonds is 3. The third kappa shape index (κ3) is 2.70. The Labute approximate surface area is 158 Å². The smallest absolute Gasteiger partial charge is 0.261 e. The van der Waals surface area contributed by atoms with E-state index in [9.17, 15) is 9.59 Å². The minimum absolute atomic E-state index is 0.145. The molecule has 0 saturated heterocycles. The number of halogens is 1. The van der Waals surface area contributed by atoms with Crippen molar-refractivity contribution in [1.82, 2.24) is 4.57 Å². The SMILES string of the molecule is COc1ccc(NC(=O)c2cn3c4c(cc(Br)cc4c2=O)C[C@H]3C)cc1. The van der Waals surface area contributed by atoms with Crippen LogP contribution in [0, 0.1) is 0 Å². The third-order valence-corrected chi connectivity index (χ3v) is 5.21. The maximum Gasteiger partial charge on any atom is 0.261 e. The van der Waals surface area contributed by atoms with Crippen LogP contribution in [0.15, 0.2) is 51.9 Å². The molecule has 6 heteroatoms. The lowest BCUT2D eigenvalue weighted by Crippen LogP contribution is -2.23. The quantitative estimate of drug-likeness (QED) is 0.702. The van der Waals surface area contributed by atoms with E-state index in [1.807, 2.05) is 10.6 Å². The fraction of sp³-hybridized carbons (Fsp3) is 0.200. The van der Waals surface area contributed by atoms with Gasteiger partial charge in [-0.15, -0.1) is 0 Å². The second-order valence-corrected chi connectivity index (χ2v) is 7.39. The number of hydrogen-bond donors (Lipinski definition) is 1. The number of carbonyl (C=O) groups excluding carboxylic acids is 1. The minimum Gasteiger partial charge on any atom is -0.497 e. The van der Waals surface area contributed by atoms with Crippen LogP contribution in [-0.4, -0.2) is 17.6 Å². The standard InChI is InChI=1S/C20H17BrN2O3/c1-11-7-12-8-13(21)9-16-18(12)23(11)10-17(19(16)24)20(25)22-14-3-5-15(26-2)6-4-14/h3-6,8-11H,7H2,1-2H3,(H,22,25)/t11-/m1/s1. The maximum atomic E-state index is 12.9. The predicted molar refractivity (Wildman–Crippen MR) is 105 cm³/mol. The van der Waals surface area contributed by atoms with Crippen molar-refractivity contribution in [2.45, 2.75) is 19.4 Å². The van der Waals surface area contributed by atoms with Crippen LogP contribution in [0.5, 0.6) is 5.75 Å². The molecule has 5 nitrogen and oxygen atoms in total. The van der Waals surface area contributed by atoms with E-state index in [2.05, 4.69) is 28.2 Å².